The van der Waals surface area contributed by atoms with E-state index in [0.717, 1.165) is 4.90 Å². The first-order valence-electron chi connectivity index (χ1n) is 5.07. The second kappa shape index (κ2) is 4.84. The number of benzene rings is 1. The molecule has 0 amide bonds. The molecular formula is C11H11ClFNO2S. The molecule has 1 fully saturated rings. The van der Waals surface area contributed by atoms with E-state index >= 15 is 0 Å². The fourth-order valence-electron chi connectivity index (χ4n) is 1.70. The van der Waals surface area contributed by atoms with Gasteiger partial charge in [-0.1, -0.05) is 11.6 Å². The molecule has 1 aliphatic heterocycles. The predicted octanol–water partition coefficient (Wildman–Crippen LogP) is 2.39. The second-order valence-corrected chi connectivity index (χ2v) is 5.98. The van der Waals surface area contributed by atoms with E-state index in [-0.39, 0.29) is 16.2 Å². The van der Waals surface area contributed by atoms with Crippen LogP contribution < -0.4 is 5.32 Å². The topological polar surface area (TPSA) is 49.3 Å². The Bertz CT molecular complexity index is 451. The lowest BCUT2D eigenvalue weighted by Gasteiger charge is -2.40. The highest BCUT2D eigenvalue weighted by Crippen LogP contribution is 2.39. The van der Waals surface area contributed by atoms with E-state index < -0.39 is 11.8 Å². The summed E-state index contributed by atoms with van der Waals surface area (Å²) >= 11 is 7.12. The van der Waals surface area contributed by atoms with Crippen LogP contribution in [-0.2, 0) is 4.79 Å². The van der Waals surface area contributed by atoms with Crippen molar-refractivity contribution in [3.05, 3.63) is 29.0 Å². The molecule has 0 aromatic heterocycles. The lowest BCUT2D eigenvalue weighted by Crippen LogP contribution is -2.57. The monoisotopic (exact) mass is 275 g/mol. The first-order chi connectivity index (χ1) is 8.01. The fraction of sp³-hybridized carbons (Fsp3) is 0.364. The molecule has 1 saturated heterocycles. The minimum absolute atomic E-state index is 0.0627. The van der Waals surface area contributed by atoms with Crippen LogP contribution in [0.3, 0.4) is 0 Å². The van der Waals surface area contributed by atoms with Crippen molar-refractivity contribution in [3.63, 3.8) is 0 Å². The Morgan fingerprint density at radius 3 is 2.76 bits per heavy atom. The van der Waals surface area contributed by atoms with Crippen molar-refractivity contribution >= 4 is 29.3 Å². The van der Waals surface area contributed by atoms with Crippen LogP contribution in [0.15, 0.2) is 23.1 Å². The Morgan fingerprint density at radius 1 is 1.59 bits per heavy atom. The van der Waals surface area contributed by atoms with Gasteiger partial charge in [0.1, 0.15) is 5.82 Å². The minimum Gasteiger partial charge on any atom is -0.481 e. The van der Waals surface area contributed by atoms with Crippen molar-refractivity contribution in [1.29, 1.82) is 0 Å². The third-order valence-corrected chi connectivity index (χ3v) is 4.24. The Labute approximate surface area is 107 Å². The van der Waals surface area contributed by atoms with Crippen LogP contribution in [0.5, 0.6) is 0 Å². The van der Waals surface area contributed by atoms with Crippen molar-refractivity contribution < 1.29 is 14.3 Å². The summed E-state index contributed by atoms with van der Waals surface area (Å²) in [6, 6.07) is 4.45. The third-order valence-electron chi connectivity index (χ3n) is 2.59. The van der Waals surface area contributed by atoms with Crippen LogP contribution in [0, 0.1) is 5.82 Å². The molecule has 2 N–H and O–H groups in total. The largest absolute Gasteiger partial charge is 0.481 e. The van der Waals surface area contributed by atoms with Gasteiger partial charge in [-0.25, -0.2) is 4.39 Å². The fourth-order valence-corrected chi connectivity index (χ4v) is 3.31. The van der Waals surface area contributed by atoms with E-state index in [2.05, 4.69) is 5.32 Å². The van der Waals surface area contributed by atoms with Crippen LogP contribution in [0.25, 0.3) is 0 Å². The van der Waals surface area contributed by atoms with Gasteiger partial charge in [0.15, 0.2) is 0 Å². The van der Waals surface area contributed by atoms with Crippen LogP contribution in [-0.4, -0.2) is 28.9 Å². The van der Waals surface area contributed by atoms with Gasteiger partial charge >= 0.3 is 5.97 Å². The molecule has 92 valence electrons. The van der Waals surface area contributed by atoms with Gasteiger partial charge in [-0.15, -0.1) is 11.8 Å². The number of hydrogen-bond donors (Lipinski definition) is 2. The summed E-state index contributed by atoms with van der Waals surface area (Å²) in [5.74, 6) is -1.29. The molecule has 0 spiro atoms. The van der Waals surface area contributed by atoms with Gasteiger partial charge in [0.2, 0.25) is 0 Å². The van der Waals surface area contributed by atoms with Gasteiger partial charge in [0, 0.05) is 18.0 Å². The van der Waals surface area contributed by atoms with Gasteiger partial charge < -0.3 is 10.4 Å². The highest BCUT2D eigenvalue weighted by Gasteiger charge is 2.40. The van der Waals surface area contributed by atoms with Gasteiger partial charge in [-0.05, 0) is 18.2 Å². The molecule has 0 aliphatic carbocycles. The first kappa shape index (κ1) is 12.7. The number of rotatable bonds is 4. The van der Waals surface area contributed by atoms with E-state index in [4.69, 9.17) is 16.7 Å². The summed E-state index contributed by atoms with van der Waals surface area (Å²) in [7, 11) is 0. The molecule has 3 nitrogen and oxygen atoms in total. The van der Waals surface area contributed by atoms with Crippen LogP contribution >= 0.6 is 23.4 Å². The maximum atomic E-state index is 13.0. The van der Waals surface area contributed by atoms with E-state index in [0.29, 0.717) is 13.1 Å². The Hall–Kier alpha value is -0.780. The summed E-state index contributed by atoms with van der Waals surface area (Å²) in [5, 5.41) is 12.0. The maximum Gasteiger partial charge on any atom is 0.304 e. The second-order valence-electron chi connectivity index (χ2n) is 4.04. The lowest BCUT2D eigenvalue weighted by atomic mass is 9.98. The molecule has 1 heterocycles. The number of aliphatic carboxylic acids is 1. The van der Waals surface area contributed by atoms with Crippen molar-refractivity contribution in [1.82, 2.24) is 5.32 Å². The van der Waals surface area contributed by atoms with Gasteiger partial charge in [-0.2, -0.15) is 0 Å². The zero-order valence-corrected chi connectivity index (χ0v) is 10.4. The molecule has 2 rings (SSSR count). The Balaban J connectivity index is 2.13. The third kappa shape index (κ3) is 2.91. The quantitative estimate of drug-likeness (QED) is 0.886. The molecule has 0 atom stereocenters. The minimum atomic E-state index is -0.827. The molecule has 1 aromatic rings. The highest BCUT2D eigenvalue weighted by molar-refractivity contribution is 8.00. The highest BCUT2D eigenvalue weighted by atomic mass is 35.5. The molecule has 17 heavy (non-hydrogen) atoms. The first-order valence-corrected chi connectivity index (χ1v) is 6.27. The molecule has 0 bridgehead atoms. The van der Waals surface area contributed by atoms with E-state index in [1.807, 2.05) is 0 Å². The number of carboxylic acids is 1. The number of halogens is 2. The Morgan fingerprint density at radius 2 is 2.29 bits per heavy atom. The SMILES string of the molecule is O=C(O)CC1(Sc2ccc(F)c(Cl)c2)CNC1. The van der Waals surface area contributed by atoms with Crippen LogP contribution in [0.4, 0.5) is 4.39 Å². The van der Waals surface area contributed by atoms with Crippen molar-refractivity contribution in [2.75, 3.05) is 13.1 Å². The zero-order chi connectivity index (χ0) is 12.5. The molecule has 0 saturated carbocycles. The lowest BCUT2D eigenvalue weighted by molar-refractivity contribution is -0.138. The van der Waals surface area contributed by atoms with E-state index in [1.165, 1.54) is 23.9 Å². The Kier molecular flexibility index (Phi) is 3.61. The molecule has 0 radical (unpaired) electrons. The van der Waals surface area contributed by atoms with Crippen molar-refractivity contribution in [2.45, 2.75) is 16.1 Å². The predicted molar refractivity (Wildman–Crippen MR) is 65.1 cm³/mol. The van der Waals surface area contributed by atoms with Crippen molar-refractivity contribution in [2.24, 2.45) is 0 Å². The molecule has 6 heteroatoms. The smallest absolute Gasteiger partial charge is 0.304 e. The van der Waals surface area contributed by atoms with Crippen LogP contribution in [0.1, 0.15) is 6.42 Å². The van der Waals surface area contributed by atoms with Gasteiger partial charge in [0.05, 0.1) is 16.2 Å². The van der Waals surface area contributed by atoms with E-state index in [1.54, 1.807) is 6.07 Å². The number of hydrogen-bond acceptors (Lipinski definition) is 3. The zero-order valence-electron chi connectivity index (χ0n) is 8.87. The number of carboxylic acid groups (broad SMARTS) is 1. The standard InChI is InChI=1S/C11H11ClFNO2S/c12-8-3-7(1-2-9(8)13)17-11(4-10(15)16)5-14-6-11/h1-3,14H,4-6H2,(H,15,16). The number of nitrogens with one attached hydrogen (secondary N) is 1. The summed E-state index contributed by atoms with van der Waals surface area (Å²) in [4.78, 5) is 11.6. The normalized spacial score (nSPS) is 17.5. The molecule has 1 aromatic carbocycles. The molecule has 1 aliphatic rings. The molecule has 0 unspecified atom stereocenters. The summed E-state index contributed by atoms with van der Waals surface area (Å²) < 4.78 is 12.6. The molecular weight excluding hydrogens is 265 g/mol. The summed E-state index contributed by atoms with van der Waals surface area (Å²) in [6.07, 6.45) is 0.0830. The van der Waals surface area contributed by atoms with Crippen molar-refractivity contribution in [3.8, 4) is 0 Å². The average Bonchev–Trinajstić information content (AvgIpc) is 2.19. The average molecular weight is 276 g/mol. The van der Waals surface area contributed by atoms with Gasteiger partial charge in [-0.3, -0.25) is 4.79 Å². The number of carbonyl (C=O) groups is 1. The van der Waals surface area contributed by atoms with E-state index in [9.17, 15) is 9.18 Å². The number of thioether (sulfide) groups is 1. The summed E-state index contributed by atoms with van der Waals surface area (Å²) in [6.45, 7) is 1.28. The van der Waals surface area contributed by atoms with Crippen LogP contribution in [0.2, 0.25) is 5.02 Å². The van der Waals surface area contributed by atoms with Gasteiger partial charge in [0.25, 0.3) is 0 Å². The maximum absolute atomic E-state index is 13.0. The summed E-state index contributed by atoms with van der Waals surface area (Å²) in [5.41, 5.74) is 0.